The molecule has 0 unspecified atom stereocenters. The average Bonchev–Trinajstić information content (AvgIpc) is 3.36. The number of hydrogen-bond donors (Lipinski definition) is 3. The van der Waals surface area contributed by atoms with Gasteiger partial charge < -0.3 is 15.1 Å². The largest absolute Gasteiger partial charge is 0.376 e. The van der Waals surface area contributed by atoms with Gasteiger partial charge in [-0.15, -0.1) is 0 Å². The van der Waals surface area contributed by atoms with Crippen molar-refractivity contribution in [1.82, 2.24) is 14.9 Å². The van der Waals surface area contributed by atoms with E-state index in [0.29, 0.717) is 0 Å². The highest BCUT2D eigenvalue weighted by atomic mass is 16.3. The molecule has 6 heteroatoms. The normalized spacial score (nSPS) is 20.3. The number of aromatic amines is 2. The number of aliphatic hydroxyl groups is 1. The van der Waals surface area contributed by atoms with Gasteiger partial charge in [-0.25, -0.2) is 0 Å². The second-order valence-electron chi connectivity index (χ2n) is 6.78. The van der Waals surface area contributed by atoms with Crippen molar-refractivity contribution in [2.45, 2.75) is 11.8 Å². The van der Waals surface area contributed by atoms with E-state index in [1.807, 2.05) is 48.5 Å². The van der Waals surface area contributed by atoms with Crippen molar-refractivity contribution in [2.75, 3.05) is 6.73 Å². The van der Waals surface area contributed by atoms with Gasteiger partial charge in [0.25, 0.3) is 0 Å². The van der Waals surface area contributed by atoms with Gasteiger partial charge in [0.15, 0.2) is 0 Å². The second-order valence-corrected chi connectivity index (χ2v) is 6.78. The van der Waals surface area contributed by atoms with Crippen molar-refractivity contribution in [3.8, 4) is 0 Å². The SMILES string of the molecule is O=C1[C@H](c2c[nH]c3ccccc23)[C@H](c2c[nH]c3ccccc23)C(=O)N1CO. The van der Waals surface area contributed by atoms with Crippen LogP contribution in [-0.2, 0) is 9.59 Å². The van der Waals surface area contributed by atoms with Crippen molar-refractivity contribution in [1.29, 1.82) is 0 Å². The fraction of sp³-hybridized carbons (Fsp3) is 0.143. The van der Waals surface area contributed by atoms with Crippen molar-refractivity contribution in [3.05, 3.63) is 72.1 Å². The number of aromatic nitrogens is 2. The first-order valence-electron chi connectivity index (χ1n) is 8.79. The van der Waals surface area contributed by atoms with Crippen LogP contribution in [0.2, 0.25) is 0 Å². The molecule has 3 heterocycles. The molecule has 1 fully saturated rings. The summed E-state index contributed by atoms with van der Waals surface area (Å²) in [7, 11) is 0. The molecule has 0 spiro atoms. The number of rotatable bonds is 3. The summed E-state index contributed by atoms with van der Waals surface area (Å²) in [4.78, 5) is 33.4. The van der Waals surface area contributed by atoms with E-state index in [-0.39, 0.29) is 11.8 Å². The minimum absolute atomic E-state index is 0.373. The van der Waals surface area contributed by atoms with Crippen LogP contribution in [0, 0.1) is 0 Å². The Bertz CT molecular complexity index is 1100. The van der Waals surface area contributed by atoms with E-state index in [9.17, 15) is 14.7 Å². The third kappa shape index (κ3) is 2.17. The van der Waals surface area contributed by atoms with E-state index in [4.69, 9.17) is 0 Å². The third-order valence-electron chi connectivity index (χ3n) is 5.45. The van der Waals surface area contributed by atoms with E-state index in [1.165, 1.54) is 0 Å². The number of nitrogens with zero attached hydrogens (tertiary/aromatic N) is 1. The number of H-pyrrole nitrogens is 2. The molecule has 4 aromatic rings. The smallest absolute Gasteiger partial charge is 0.239 e. The fourth-order valence-electron chi connectivity index (χ4n) is 4.20. The maximum absolute atomic E-state index is 13.1. The van der Waals surface area contributed by atoms with E-state index < -0.39 is 18.6 Å². The van der Waals surface area contributed by atoms with Gasteiger partial charge in [-0.05, 0) is 23.3 Å². The predicted octanol–water partition coefficient (Wildman–Crippen LogP) is 2.84. The quantitative estimate of drug-likeness (QED) is 0.492. The number of hydrogen-bond acceptors (Lipinski definition) is 3. The molecule has 0 bridgehead atoms. The number of fused-ring (bicyclic) bond motifs is 2. The number of aliphatic hydroxyl groups excluding tert-OH is 1. The zero-order valence-corrected chi connectivity index (χ0v) is 14.3. The van der Waals surface area contributed by atoms with E-state index >= 15 is 0 Å². The molecule has 3 N–H and O–H groups in total. The number of nitrogens with one attached hydrogen (secondary N) is 2. The number of imide groups is 1. The van der Waals surface area contributed by atoms with Crippen LogP contribution in [-0.4, -0.2) is 38.5 Å². The van der Waals surface area contributed by atoms with E-state index in [2.05, 4.69) is 9.97 Å². The van der Waals surface area contributed by atoms with Crippen LogP contribution in [0.1, 0.15) is 23.0 Å². The molecule has 1 saturated heterocycles. The summed E-state index contributed by atoms with van der Waals surface area (Å²) < 4.78 is 0. The highest BCUT2D eigenvalue weighted by Crippen LogP contribution is 2.45. The Morgan fingerprint density at radius 3 is 1.67 bits per heavy atom. The van der Waals surface area contributed by atoms with Gasteiger partial charge in [0, 0.05) is 34.2 Å². The van der Waals surface area contributed by atoms with Crippen molar-refractivity contribution >= 4 is 33.6 Å². The maximum Gasteiger partial charge on any atom is 0.239 e. The van der Waals surface area contributed by atoms with Crippen LogP contribution >= 0.6 is 0 Å². The highest BCUT2D eigenvalue weighted by Gasteiger charge is 2.50. The Morgan fingerprint density at radius 1 is 0.778 bits per heavy atom. The lowest BCUT2D eigenvalue weighted by Crippen LogP contribution is -2.31. The Labute approximate surface area is 154 Å². The van der Waals surface area contributed by atoms with Gasteiger partial charge in [-0.3, -0.25) is 14.5 Å². The Kier molecular flexibility index (Phi) is 3.42. The molecule has 2 aromatic heterocycles. The van der Waals surface area contributed by atoms with Crippen molar-refractivity contribution in [3.63, 3.8) is 0 Å². The molecule has 2 atom stereocenters. The Morgan fingerprint density at radius 2 is 1.22 bits per heavy atom. The van der Waals surface area contributed by atoms with Crippen LogP contribution in [0.25, 0.3) is 21.8 Å². The lowest BCUT2D eigenvalue weighted by molar-refractivity contribution is -0.143. The molecular weight excluding hydrogens is 342 g/mol. The van der Waals surface area contributed by atoms with Crippen LogP contribution in [0.3, 0.4) is 0 Å². The molecule has 27 heavy (non-hydrogen) atoms. The number of amides is 2. The van der Waals surface area contributed by atoms with Gasteiger partial charge in [0.1, 0.15) is 6.73 Å². The molecule has 134 valence electrons. The lowest BCUT2D eigenvalue weighted by Gasteiger charge is -2.14. The summed E-state index contributed by atoms with van der Waals surface area (Å²) in [5.74, 6) is -2.11. The van der Waals surface area contributed by atoms with Crippen molar-refractivity contribution < 1.29 is 14.7 Å². The second kappa shape index (κ2) is 5.82. The van der Waals surface area contributed by atoms with E-state index in [0.717, 1.165) is 37.8 Å². The summed E-state index contributed by atoms with van der Waals surface area (Å²) >= 11 is 0. The fourth-order valence-corrected chi connectivity index (χ4v) is 4.20. The molecule has 2 aromatic carbocycles. The van der Waals surface area contributed by atoms with Crippen LogP contribution < -0.4 is 0 Å². The molecule has 5 rings (SSSR count). The molecule has 0 saturated carbocycles. The predicted molar refractivity (Wildman–Crippen MR) is 101 cm³/mol. The number of carbonyl (C=O) groups excluding carboxylic acids is 2. The summed E-state index contributed by atoms with van der Waals surface area (Å²) in [6.45, 7) is -0.616. The van der Waals surface area contributed by atoms with Gasteiger partial charge in [0.05, 0.1) is 11.8 Å². The first kappa shape index (κ1) is 15.8. The summed E-state index contributed by atoms with van der Waals surface area (Å²) in [6, 6.07) is 15.4. The first-order chi connectivity index (χ1) is 13.2. The minimum atomic E-state index is -0.681. The number of likely N-dealkylation sites (tertiary alicyclic amines) is 1. The molecule has 1 aliphatic heterocycles. The van der Waals surface area contributed by atoms with Gasteiger partial charge in [-0.2, -0.15) is 0 Å². The molecule has 1 aliphatic rings. The molecule has 6 nitrogen and oxygen atoms in total. The van der Waals surface area contributed by atoms with E-state index in [1.54, 1.807) is 12.4 Å². The lowest BCUT2D eigenvalue weighted by atomic mass is 9.83. The van der Waals surface area contributed by atoms with Crippen LogP contribution in [0.4, 0.5) is 0 Å². The first-order valence-corrected chi connectivity index (χ1v) is 8.79. The van der Waals surface area contributed by atoms with Gasteiger partial charge in [-0.1, -0.05) is 36.4 Å². The minimum Gasteiger partial charge on any atom is -0.376 e. The maximum atomic E-state index is 13.1. The summed E-state index contributed by atoms with van der Waals surface area (Å²) in [5, 5.41) is 11.5. The number of benzene rings is 2. The molecule has 2 amide bonds. The topological polar surface area (TPSA) is 89.2 Å². The van der Waals surface area contributed by atoms with Crippen LogP contribution in [0.15, 0.2) is 60.9 Å². The monoisotopic (exact) mass is 359 g/mol. The number of carbonyl (C=O) groups is 2. The zero-order valence-electron chi connectivity index (χ0n) is 14.3. The standard InChI is InChI=1S/C21H17N3O3/c25-11-24-20(26)18(14-9-22-16-7-3-1-5-12(14)16)19(21(24)27)15-10-23-17-8-4-2-6-13(15)17/h1-10,18-19,22-23,25H,11H2/t18-,19+. The van der Waals surface area contributed by atoms with Crippen LogP contribution in [0.5, 0.6) is 0 Å². The van der Waals surface area contributed by atoms with Gasteiger partial charge in [0.2, 0.25) is 11.8 Å². The zero-order chi connectivity index (χ0) is 18.5. The third-order valence-corrected chi connectivity index (χ3v) is 5.45. The molecular formula is C21H17N3O3. The molecule has 0 aliphatic carbocycles. The van der Waals surface area contributed by atoms with Crippen molar-refractivity contribution in [2.24, 2.45) is 0 Å². The highest BCUT2D eigenvalue weighted by molar-refractivity contribution is 6.12. The summed E-state index contributed by atoms with van der Waals surface area (Å²) in [5.41, 5.74) is 3.37. The van der Waals surface area contributed by atoms with Gasteiger partial charge >= 0.3 is 0 Å². The number of para-hydroxylation sites is 2. The Balaban J connectivity index is 1.74. The molecule has 0 radical (unpaired) electrons. The Hall–Kier alpha value is -3.38. The summed E-state index contributed by atoms with van der Waals surface area (Å²) in [6.07, 6.45) is 3.59. The average molecular weight is 359 g/mol.